The summed E-state index contributed by atoms with van der Waals surface area (Å²) >= 11 is 0. The first kappa shape index (κ1) is 17.5. The van der Waals surface area contributed by atoms with Crippen LogP contribution >= 0.6 is 0 Å². The van der Waals surface area contributed by atoms with Crippen LogP contribution in [0.1, 0.15) is 10.5 Å². The number of hydrogen-bond donors (Lipinski definition) is 2. The van der Waals surface area contributed by atoms with Gasteiger partial charge in [-0.1, -0.05) is 66.7 Å². The number of aromatic amines is 1. The number of fused-ring (bicyclic) bond motifs is 1. The summed E-state index contributed by atoms with van der Waals surface area (Å²) in [4.78, 5) is 24.6. The number of nitrogens with one attached hydrogen (secondary N) is 2. The van der Waals surface area contributed by atoms with E-state index in [0.717, 1.165) is 16.6 Å². The van der Waals surface area contributed by atoms with E-state index in [1.807, 2.05) is 72.8 Å². The lowest BCUT2D eigenvalue weighted by Crippen LogP contribution is -2.21. The summed E-state index contributed by atoms with van der Waals surface area (Å²) in [5.74, 6) is -1.07. The summed E-state index contributed by atoms with van der Waals surface area (Å²) in [5.41, 5.74) is 3.42. The fraction of sp³-hybridized carbons (Fsp3) is 0.0455. The van der Waals surface area contributed by atoms with Gasteiger partial charge >= 0.3 is 5.97 Å². The van der Waals surface area contributed by atoms with Gasteiger partial charge in [-0.2, -0.15) is 5.10 Å². The molecule has 0 bridgehead atoms. The number of H-pyrrole nitrogens is 1. The molecule has 1 amide bonds. The third-order valence-corrected chi connectivity index (χ3v) is 4.28. The highest BCUT2D eigenvalue weighted by Gasteiger charge is 2.17. The summed E-state index contributed by atoms with van der Waals surface area (Å²) in [6.07, 6.45) is 0. The van der Waals surface area contributed by atoms with Gasteiger partial charge < -0.3 is 10.1 Å². The molecular weight excluding hydrogens is 354 g/mol. The SMILES string of the molecule is O=C(COC(=O)c1n[nH]c2ccccc12)Nc1ccccc1-c1ccccc1. The number of rotatable bonds is 5. The molecule has 0 atom stereocenters. The summed E-state index contributed by atoms with van der Waals surface area (Å²) in [7, 11) is 0. The van der Waals surface area contributed by atoms with Gasteiger partial charge in [-0.3, -0.25) is 9.89 Å². The van der Waals surface area contributed by atoms with Crippen molar-refractivity contribution in [2.75, 3.05) is 11.9 Å². The fourth-order valence-electron chi connectivity index (χ4n) is 2.97. The maximum absolute atomic E-state index is 12.3. The van der Waals surface area contributed by atoms with E-state index in [1.165, 1.54) is 0 Å². The van der Waals surface area contributed by atoms with Crippen molar-refractivity contribution in [3.63, 3.8) is 0 Å². The van der Waals surface area contributed by atoms with Crippen LogP contribution in [0.2, 0.25) is 0 Å². The molecule has 0 saturated carbocycles. The van der Waals surface area contributed by atoms with Crippen LogP contribution in [0, 0.1) is 0 Å². The minimum atomic E-state index is -0.649. The number of hydrogen-bond acceptors (Lipinski definition) is 4. The first-order valence-corrected chi connectivity index (χ1v) is 8.77. The Morgan fingerprint density at radius 1 is 0.893 bits per heavy atom. The molecule has 6 heteroatoms. The molecule has 6 nitrogen and oxygen atoms in total. The van der Waals surface area contributed by atoms with Gasteiger partial charge in [-0.25, -0.2) is 4.79 Å². The van der Waals surface area contributed by atoms with Crippen LogP contribution < -0.4 is 5.32 Å². The average Bonchev–Trinajstić information content (AvgIpc) is 3.17. The molecule has 1 heterocycles. The van der Waals surface area contributed by atoms with Gasteiger partial charge in [0.15, 0.2) is 12.3 Å². The van der Waals surface area contributed by atoms with Crippen LogP contribution in [0.3, 0.4) is 0 Å². The maximum atomic E-state index is 12.3. The van der Waals surface area contributed by atoms with E-state index in [1.54, 1.807) is 6.07 Å². The van der Waals surface area contributed by atoms with E-state index in [-0.39, 0.29) is 5.69 Å². The van der Waals surface area contributed by atoms with E-state index in [9.17, 15) is 9.59 Å². The molecule has 0 aliphatic carbocycles. The van der Waals surface area contributed by atoms with Crippen molar-refractivity contribution in [1.82, 2.24) is 10.2 Å². The highest BCUT2D eigenvalue weighted by atomic mass is 16.5. The Balaban J connectivity index is 1.44. The Morgan fingerprint density at radius 2 is 1.61 bits per heavy atom. The van der Waals surface area contributed by atoms with Gasteiger partial charge in [-0.15, -0.1) is 0 Å². The molecule has 138 valence electrons. The van der Waals surface area contributed by atoms with E-state index in [4.69, 9.17) is 4.74 Å². The van der Waals surface area contributed by atoms with E-state index >= 15 is 0 Å². The number of esters is 1. The summed E-state index contributed by atoms with van der Waals surface area (Å²) in [6.45, 7) is -0.400. The number of para-hydroxylation sites is 2. The predicted molar refractivity (Wildman–Crippen MR) is 107 cm³/mol. The zero-order valence-corrected chi connectivity index (χ0v) is 14.9. The van der Waals surface area contributed by atoms with Crippen LogP contribution in [0.25, 0.3) is 22.0 Å². The van der Waals surface area contributed by atoms with Crippen LogP contribution in [0.5, 0.6) is 0 Å². The molecule has 0 fully saturated rings. The second-order valence-electron chi connectivity index (χ2n) is 6.15. The third-order valence-electron chi connectivity index (χ3n) is 4.28. The average molecular weight is 371 g/mol. The Morgan fingerprint density at radius 3 is 2.46 bits per heavy atom. The van der Waals surface area contributed by atoms with Gasteiger partial charge in [-0.05, 0) is 17.7 Å². The molecule has 0 aliphatic rings. The Kier molecular flexibility index (Phi) is 4.84. The van der Waals surface area contributed by atoms with Crippen LogP contribution in [0.15, 0.2) is 78.9 Å². The molecule has 0 saturated heterocycles. The van der Waals surface area contributed by atoms with Crippen LogP contribution in [-0.4, -0.2) is 28.7 Å². The number of nitrogens with zero attached hydrogens (tertiary/aromatic N) is 1. The standard InChI is InChI=1S/C22H17N3O3/c26-20(14-28-22(27)21-17-11-5-7-13-19(17)24-25-21)23-18-12-6-4-10-16(18)15-8-2-1-3-9-15/h1-13H,14H2,(H,23,26)(H,24,25). The highest BCUT2D eigenvalue weighted by molar-refractivity contribution is 6.03. The highest BCUT2D eigenvalue weighted by Crippen LogP contribution is 2.27. The molecule has 4 aromatic rings. The number of anilines is 1. The number of benzene rings is 3. The number of amides is 1. The van der Waals surface area contributed by atoms with E-state index < -0.39 is 18.5 Å². The van der Waals surface area contributed by atoms with Crippen molar-refractivity contribution in [3.05, 3.63) is 84.6 Å². The zero-order chi connectivity index (χ0) is 19.3. The second-order valence-corrected chi connectivity index (χ2v) is 6.15. The van der Waals surface area contributed by atoms with Crippen LogP contribution in [0.4, 0.5) is 5.69 Å². The molecule has 0 spiro atoms. The Hall–Kier alpha value is -3.93. The minimum absolute atomic E-state index is 0.160. The molecule has 1 aromatic heterocycles. The lowest BCUT2D eigenvalue weighted by atomic mass is 10.0. The van der Waals surface area contributed by atoms with Crippen molar-refractivity contribution in [2.24, 2.45) is 0 Å². The Bertz CT molecular complexity index is 1140. The molecule has 0 unspecified atom stereocenters. The van der Waals surface area contributed by atoms with Crippen molar-refractivity contribution >= 4 is 28.5 Å². The fourth-order valence-corrected chi connectivity index (χ4v) is 2.97. The normalized spacial score (nSPS) is 10.6. The molecule has 4 rings (SSSR count). The summed E-state index contributed by atoms with van der Waals surface area (Å²) in [6, 6.07) is 24.4. The lowest BCUT2D eigenvalue weighted by Gasteiger charge is -2.11. The zero-order valence-electron chi connectivity index (χ0n) is 14.9. The molecule has 2 N–H and O–H groups in total. The largest absolute Gasteiger partial charge is 0.451 e. The van der Waals surface area contributed by atoms with E-state index in [0.29, 0.717) is 11.1 Å². The van der Waals surface area contributed by atoms with Crippen molar-refractivity contribution in [2.45, 2.75) is 0 Å². The number of ether oxygens (including phenoxy) is 1. The quantitative estimate of drug-likeness (QED) is 0.519. The molecule has 0 radical (unpaired) electrons. The first-order valence-electron chi connectivity index (χ1n) is 8.77. The van der Waals surface area contributed by atoms with Crippen LogP contribution in [-0.2, 0) is 9.53 Å². The minimum Gasteiger partial charge on any atom is -0.451 e. The summed E-state index contributed by atoms with van der Waals surface area (Å²) in [5, 5.41) is 10.2. The monoisotopic (exact) mass is 371 g/mol. The number of carbonyl (C=O) groups is 2. The number of aromatic nitrogens is 2. The smallest absolute Gasteiger partial charge is 0.359 e. The van der Waals surface area contributed by atoms with Gasteiger partial charge in [0.2, 0.25) is 0 Å². The topological polar surface area (TPSA) is 84.1 Å². The number of carbonyl (C=O) groups excluding carboxylic acids is 2. The molecule has 0 aliphatic heterocycles. The maximum Gasteiger partial charge on any atom is 0.359 e. The Labute approximate surface area is 161 Å². The van der Waals surface area contributed by atoms with Gasteiger partial charge in [0, 0.05) is 16.6 Å². The van der Waals surface area contributed by atoms with Gasteiger partial charge in [0.25, 0.3) is 5.91 Å². The molecular formula is C22H17N3O3. The second kappa shape index (κ2) is 7.75. The molecule has 3 aromatic carbocycles. The van der Waals surface area contributed by atoms with Crippen molar-refractivity contribution in [3.8, 4) is 11.1 Å². The third kappa shape index (κ3) is 3.61. The van der Waals surface area contributed by atoms with Crippen molar-refractivity contribution < 1.29 is 14.3 Å². The first-order chi connectivity index (χ1) is 13.7. The van der Waals surface area contributed by atoms with Crippen molar-refractivity contribution in [1.29, 1.82) is 0 Å². The van der Waals surface area contributed by atoms with E-state index in [2.05, 4.69) is 15.5 Å². The predicted octanol–water partition coefficient (Wildman–Crippen LogP) is 4.03. The summed E-state index contributed by atoms with van der Waals surface area (Å²) < 4.78 is 5.14. The lowest BCUT2D eigenvalue weighted by molar-refractivity contribution is -0.119. The van der Waals surface area contributed by atoms with Gasteiger partial charge in [0.1, 0.15) is 0 Å². The van der Waals surface area contributed by atoms with Gasteiger partial charge in [0.05, 0.1) is 5.52 Å². The molecule has 28 heavy (non-hydrogen) atoms.